The molecule has 32 heavy (non-hydrogen) atoms. The van der Waals surface area contributed by atoms with Gasteiger partial charge in [-0.25, -0.2) is 0 Å². The third-order valence-corrected chi connectivity index (χ3v) is 7.53. The number of rotatable bonds is 3. The molecule has 0 saturated carbocycles. The molecule has 0 aliphatic heterocycles. The van der Waals surface area contributed by atoms with Crippen molar-refractivity contribution in [1.82, 2.24) is 0 Å². The van der Waals surface area contributed by atoms with Gasteiger partial charge in [-0.3, -0.25) is 0 Å². The minimum Gasteiger partial charge on any atom is -0.0763 e. The van der Waals surface area contributed by atoms with Gasteiger partial charge in [-0.05, 0) is 76.5 Å². The summed E-state index contributed by atoms with van der Waals surface area (Å²) >= 11 is 0. The minimum atomic E-state index is 0.530. The van der Waals surface area contributed by atoms with E-state index in [0.29, 0.717) is 17.8 Å². The molecule has 2 aliphatic rings. The second-order valence-electron chi connectivity index (χ2n) is 9.44. The summed E-state index contributed by atoms with van der Waals surface area (Å²) in [6.45, 7) is 2.16. The highest BCUT2D eigenvalue weighted by Gasteiger charge is 2.40. The van der Waals surface area contributed by atoms with Crippen molar-refractivity contribution in [2.24, 2.45) is 5.92 Å². The number of aryl methyl sites for hydroxylation is 1. The molecule has 0 saturated heterocycles. The van der Waals surface area contributed by atoms with E-state index in [-0.39, 0.29) is 0 Å². The van der Waals surface area contributed by atoms with Gasteiger partial charge in [0.15, 0.2) is 0 Å². The van der Waals surface area contributed by atoms with E-state index in [1.165, 1.54) is 39.0 Å². The summed E-state index contributed by atoms with van der Waals surface area (Å²) in [5.41, 5.74) is 11.4. The molecular weight excluding hydrogens is 384 g/mol. The van der Waals surface area contributed by atoms with Crippen molar-refractivity contribution in [1.29, 1.82) is 0 Å². The van der Waals surface area contributed by atoms with Crippen LogP contribution in [0.15, 0.2) is 109 Å². The molecule has 0 nitrogen and oxygen atoms in total. The average Bonchev–Trinajstić information content (AvgIpc) is 3.30. The van der Waals surface area contributed by atoms with Crippen molar-refractivity contribution in [3.05, 3.63) is 137 Å². The van der Waals surface area contributed by atoms with Crippen LogP contribution in [0.3, 0.4) is 0 Å². The van der Waals surface area contributed by atoms with E-state index in [9.17, 15) is 0 Å². The van der Waals surface area contributed by atoms with Gasteiger partial charge in [0, 0.05) is 0 Å². The standard InChI is InChI=1S/C32H28/c1-22-11-13-25(14-12-22)28-20-31-29-10-6-5-9-27(29)19-30(32(31)21-28)26-17-15-24(16-18-26)23-7-3-2-4-8-23/h2-18,21,30-32H,19-20H2,1H3. The maximum Gasteiger partial charge on any atom is -0.00495 e. The molecule has 0 aromatic heterocycles. The minimum absolute atomic E-state index is 0.530. The molecule has 0 radical (unpaired) electrons. The third kappa shape index (κ3) is 3.41. The molecule has 0 heteroatoms. The second kappa shape index (κ2) is 7.95. The van der Waals surface area contributed by atoms with E-state index in [0.717, 1.165) is 12.8 Å². The SMILES string of the molecule is Cc1ccc(C2=CC3C(c4ccc(-c5ccccc5)cc4)Cc4ccccc4C3C2)cc1. The van der Waals surface area contributed by atoms with Crippen LogP contribution in [0, 0.1) is 12.8 Å². The molecule has 0 spiro atoms. The summed E-state index contributed by atoms with van der Waals surface area (Å²) in [6.07, 6.45) is 4.87. The van der Waals surface area contributed by atoms with Gasteiger partial charge in [0.05, 0.1) is 0 Å². The Morgan fingerprint density at radius 2 is 1.22 bits per heavy atom. The number of allylic oxidation sites excluding steroid dienone is 2. The molecule has 0 bridgehead atoms. The molecule has 3 unspecified atom stereocenters. The lowest BCUT2D eigenvalue weighted by atomic mass is 9.68. The first-order valence-electron chi connectivity index (χ1n) is 11.8. The highest BCUT2D eigenvalue weighted by molar-refractivity contribution is 5.71. The highest BCUT2D eigenvalue weighted by Crippen LogP contribution is 2.53. The topological polar surface area (TPSA) is 0 Å². The molecule has 0 N–H and O–H groups in total. The number of benzene rings is 4. The molecule has 0 heterocycles. The zero-order chi connectivity index (χ0) is 21.5. The lowest BCUT2D eigenvalue weighted by Crippen LogP contribution is -2.24. The van der Waals surface area contributed by atoms with Gasteiger partial charge < -0.3 is 0 Å². The van der Waals surface area contributed by atoms with Gasteiger partial charge in [-0.1, -0.05) is 115 Å². The van der Waals surface area contributed by atoms with Crippen molar-refractivity contribution < 1.29 is 0 Å². The van der Waals surface area contributed by atoms with Crippen LogP contribution in [-0.2, 0) is 6.42 Å². The summed E-state index contributed by atoms with van der Waals surface area (Å²) in [4.78, 5) is 0. The predicted molar refractivity (Wildman–Crippen MR) is 135 cm³/mol. The van der Waals surface area contributed by atoms with Crippen LogP contribution < -0.4 is 0 Å². The van der Waals surface area contributed by atoms with E-state index >= 15 is 0 Å². The molecule has 0 fully saturated rings. The quantitative estimate of drug-likeness (QED) is 0.318. The lowest BCUT2D eigenvalue weighted by molar-refractivity contribution is 0.412. The molecule has 2 aliphatic carbocycles. The monoisotopic (exact) mass is 412 g/mol. The van der Waals surface area contributed by atoms with Crippen molar-refractivity contribution in [2.45, 2.75) is 31.6 Å². The number of hydrogen-bond donors (Lipinski definition) is 0. The van der Waals surface area contributed by atoms with E-state index in [4.69, 9.17) is 0 Å². The Morgan fingerprint density at radius 1 is 0.562 bits per heavy atom. The van der Waals surface area contributed by atoms with Crippen molar-refractivity contribution >= 4 is 5.57 Å². The maximum atomic E-state index is 2.60. The summed E-state index contributed by atoms with van der Waals surface area (Å²) in [5.74, 6) is 1.67. The Kier molecular flexibility index (Phi) is 4.80. The lowest BCUT2D eigenvalue weighted by Gasteiger charge is -2.36. The Morgan fingerprint density at radius 3 is 2.00 bits per heavy atom. The summed E-state index contributed by atoms with van der Waals surface area (Å²) in [7, 11) is 0. The molecule has 0 amide bonds. The molecule has 4 aromatic carbocycles. The van der Waals surface area contributed by atoms with Gasteiger partial charge in [0.25, 0.3) is 0 Å². The number of hydrogen-bond acceptors (Lipinski definition) is 0. The molecule has 6 rings (SSSR count). The van der Waals surface area contributed by atoms with Gasteiger partial charge >= 0.3 is 0 Å². The Balaban J connectivity index is 1.38. The highest BCUT2D eigenvalue weighted by atomic mass is 14.4. The second-order valence-corrected chi connectivity index (χ2v) is 9.44. The van der Waals surface area contributed by atoms with Crippen LogP contribution in [0.1, 0.15) is 46.1 Å². The van der Waals surface area contributed by atoms with Crippen LogP contribution in [0.5, 0.6) is 0 Å². The fraction of sp³-hybridized carbons (Fsp3) is 0.188. The first kappa shape index (κ1) is 19.3. The molecule has 3 atom stereocenters. The number of fused-ring (bicyclic) bond motifs is 3. The Bertz CT molecular complexity index is 1260. The predicted octanol–water partition coefficient (Wildman–Crippen LogP) is 8.19. The largest absolute Gasteiger partial charge is 0.0763 e. The van der Waals surface area contributed by atoms with Gasteiger partial charge in [-0.2, -0.15) is 0 Å². The van der Waals surface area contributed by atoms with Gasteiger partial charge in [0.1, 0.15) is 0 Å². The average molecular weight is 413 g/mol. The molecular formula is C32H28. The smallest absolute Gasteiger partial charge is 0.00495 e. The van der Waals surface area contributed by atoms with E-state index in [1.54, 1.807) is 5.56 Å². The van der Waals surface area contributed by atoms with E-state index < -0.39 is 0 Å². The van der Waals surface area contributed by atoms with Crippen LogP contribution in [0.2, 0.25) is 0 Å². The Hall–Kier alpha value is -3.38. The Labute approximate surface area is 191 Å². The summed E-state index contributed by atoms with van der Waals surface area (Å²) in [5, 5.41) is 0. The third-order valence-electron chi connectivity index (χ3n) is 7.53. The van der Waals surface area contributed by atoms with Crippen LogP contribution >= 0.6 is 0 Å². The van der Waals surface area contributed by atoms with Crippen LogP contribution in [-0.4, -0.2) is 0 Å². The molecule has 4 aromatic rings. The maximum absolute atomic E-state index is 2.60. The van der Waals surface area contributed by atoms with Crippen molar-refractivity contribution in [2.75, 3.05) is 0 Å². The summed E-state index contributed by atoms with van der Waals surface area (Å²) in [6, 6.07) is 38.3. The van der Waals surface area contributed by atoms with Crippen molar-refractivity contribution in [3.8, 4) is 11.1 Å². The van der Waals surface area contributed by atoms with E-state index in [1.807, 2.05) is 0 Å². The van der Waals surface area contributed by atoms with Crippen LogP contribution in [0.25, 0.3) is 16.7 Å². The zero-order valence-corrected chi connectivity index (χ0v) is 18.5. The van der Waals surface area contributed by atoms with Gasteiger partial charge in [-0.15, -0.1) is 0 Å². The fourth-order valence-corrected chi connectivity index (χ4v) is 5.83. The van der Waals surface area contributed by atoms with Crippen molar-refractivity contribution in [3.63, 3.8) is 0 Å². The normalized spacial score (nSPS) is 21.5. The summed E-state index contributed by atoms with van der Waals surface area (Å²) < 4.78 is 0. The fourth-order valence-electron chi connectivity index (χ4n) is 5.83. The molecule has 156 valence electrons. The van der Waals surface area contributed by atoms with E-state index in [2.05, 4.69) is 116 Å². The van der Waals surface area contributed by atoms with Crippen LogP contribution in [0.4, 0.5) is 0 Å². The first-order chi connectivity index (χ1) is 15.8. The zero-order valence-electron chi connectivity index (χ0n) is 18.5. The van der Waals surface area contributed by atoms with Gasteiger partial charge in [0.2, 0.25) is 0 Å². The first-order valence-corrected chi connectivity index (χ1v) is 11.8.